The maximum Gasteiger partial charge on any atom is 0.168 e. The van der Waals surface area contributed by atoms with Gasteiger partial charge in [-0.15, -0.1) is 0 Å². The fraction of sp³-hybridized carbons (Fsp3) is 1.00. The minimum absolute atomic E-state index is 0.168. The molecule has 2 rings (SSSR count). The molecule has 1 saturated carbocycles. The van der Waals surface area contributed by atoms with Gasteiger partial charge in [0.25, 0.3) is 0 Å². The van der Waals surface area contributed by atoms with Crippen LogP contribution in [0.1, 0.15) is 51.4 Å². The van der Waals surface area contributed by atoms with E-state index >= 15 is 0 Å². The number of hydrogen-bond acceptors (Lipinski definition) is 2. The molecule has 0 radical (unpaired) electrons. The van der Waals surface area contributed by atoms with Gasteiger partial charge in [-0.05, 0) is 32.1 Å². The van der Waals surface area contributed by atoms with Crippen LogP contribution in [0.4, 0.5) is 0 Å². The van der Waals surface area contributed by atoms with Gasteiger partial charge < -0.3 is 9.47 Å². The lowest BCUT2D eigenvalue weighted by molar-refractivity contribution is -0.258. The van der Waals surface area contributed by atoms with Crippen LogP contribution in [0.5, 0.6) is 0 Å². The van der Waals surface area contributed by atoms with Crippen molar-refractivity contribution in [3.05, 3.63) is 0 Å². The second kappa shape index (κ2) is 4.43. The third-order valence-corrected chi connectivity index (χ3v) is 3.13. The Balaban J connectivity index is 1.91. The van der Waals surface area contributed by atoms with Crippen molar-refractivity contribution in [2.75, 3.05) is 13.2 Å². The average molecular weight is 184 g/mol. The molecule has 2 nitrogen and oxygen atoms in total. The van der Waals surface area contributed by atoms with Crippen LogP contribution in [0, 0.1) is 0 Å². The summed E-state index contributed by atoms with van der Waals surface area (Å²) in [6.07, 6.45) is 9.83. The molecule has 0 aromatic heterocycles. The second-order valence-electron chi connectivity index (χ2n) is 4.23. The van der Waals surface area contributed by atoms with E-state index < -0.39 is 0 Å². The minimum Gasteiger partial charge on any atom is -0.350 e. The minimum atomic E-state index is -0.168. The normalized spacial score (nSPS) is 29.5. The van der Waals surface area contributed by atoms with Crippen LogP contribution in [-0.4, -0.2) is 19.0 Å². The molecule has 2 heteroatoms. The molecular formula is C11H20O2. The smallest absolute Gasteiger partial charge is 0.168 e. The van der Waals surface area contributed by atoms with Crippen molar-refractivity contribution in [2.45, 2.75) is 57.2 Å². The van der Waals surface area contributed by atoms with Crippen molar-refractivity contribution >= 4 is 0 Å². The molecule has 1 heterocycles. The van der Waals surface area contributed by atoms with Crippen LogP contribution in [0.2, 0.25) is 0 Å². The van der Waals surface area contributed by atoms with Crippen molar-refractivity contribution in [1.29, 1.82) is 0 Å². The van der Waals surface area contributed by atoms with Crippen LogP contribution < -0.4 is 0 Å². The Morgan fingerprint density at radius 1 is 0.615 bits per heavy atom. The van der Waals surface area contributed by atoms with Crippen LogP contribution in [0.25, 0.3) is 0 Å². The Kier molecular flexibility index (Phi) is 3.23. The van der Waals surface area contributed by atoms with Gasteiger partial charge in [-0.2, -0.15) is 0 Å². The van der Waals surface area contributed by atoms with E-state index in [1.165, 1.54) is 38.5 Å². The summed E-state index contributed by atoms with van der Waals surface area (Å²) in [6, 6.07) is 0. The Morgan fingerprint density at radius 3 is 1.77 bits per heavy atom. The highest BCUT2D eigenvalue weighted by Gasteiger charge is 2.34. The van der Waals surface area contributed by atoms with Crippen molar-refractivity contribution in [3.63, 3.8) is 0 Å². The summed E-state index contributed by atoms with van der Waals surface area (Å²) in [6.45, 7) is 1.81. The largest absolute Gasteiger partial charge is 0.350 e. The lowest BCUT2D eigenvalue weighted by Gasteiger charge is -2.38. The molecule has 2 aliphatic rings. The van der Waals surface area contributed by atoms with Crippen LogP contribution in [0.15, 0.2) is 0 Å². The van der Waals surface area contributed by atoms with E-state index in [9.17, 15) is 0 Å². The summed E-state index contributed by atoms with van der Waals surface area (Å²) in [7, 11) is 0. The van der Waals surface area contributed by atoms with Gasteiger partial charge in [0, 0.05) is 12.8 Å². The van der Waals surface area contributed by atoms with E-state index in [0.717, 1.165) is 26.1 Å². The lowest BCUT2D eigenvalue weighted by Crippen LogP contribution is -2.39. The third kappa shape index (κ3) is 2.44. The van der Waals surface area contributed by atoms with Crippen molar-refractivity contribution in [3.8, 4) is 0 Å². The molecule has 0 N–H and O–H groups in total. The van der Waals surface area contributed by atoms with Gasteiger partial charge >= 0.3 is 0 Å². The van der Waals surface area contributed by atoms with Gasteiger partial charge in [-0.3, -0.25) is 0 Å². The maximum atomic E-state index is 5.89. The number of ether oxygens (including phenoxy) is 2. The standard InChI is InChI=1S/C11H20O2/c1-3-7-11(8-4-1)12-9-5-2-6-10-13-11/h1-10H2. The van der Waals surface area contributed by atoms with E-state index in [1.807, 2.05) is 0 Å². The van der Waals surface area contributed by atoms with Crippen molar-refractivity contribution in [2.24, 2.45) is 0 Å². The SMILES string of the molecule is C1CCOC2(CCCCC2)OCC1. The molecule has 1 aliphatic carbocycles. The van der Waals surface area contributed by atoms with Crippen LogP contribution >= 0.6 is 0 Å². The van der Waals surface area contributed by atoms with Gasteiger partial charge in [0.1, 0.15) is 0 Å². The first kappa shape index (κ1) is 9.47. The van der Waals surface area contributed by atoms with E-state index in [0.29, 0.717) is 0 Å². The van der Waals surface area contributed by atoms with Gasteiger partial charge in [-0.25, -0.2) is 0 Å². The molecule has 0 unspecified atom stereocenters. The van der Waals surface area contributed by atoms with Gasteiger partial charge in [0.05, 0.1) is 13.2 Å². The number of rotatable bonds is 0. The molecule has 1 aliphatic heterocycles. The predicted octanol–water partition coefficient (Wildman–Crippen LogP) is 2.86. The first-order valence-electron chi connectivity index (χ1n) is 5.69. The zero-order chi connectivity index (χ0) is 8.99. The highest BCUT2D eigenvalue weighted by molar-refractivity contribution is 4.76. The molecule has 13 heavy (non-hydrogen) atoms. The summed E-state index contributed by atoms with van der Waals surface area (Å²) in [4.78, 5) is 0. The second-order valence-corrected chi connectivity index (χ2v) is 4.23. The fourth-order valence-electron chi connectivity index (χ4n) is 2.32. The maximum absolute atomic E-state index is 5.89. The molecule has 2 fully saturated rings. The molecule has 0 aromatic carbocycles. The lowest BCUT2D eigenvalue weighted by atomic mass is 9.93. The molecule has 0 aromatic rings. The van der Waals surface area contributed by atoms with Crippen molar-refractivity contribution < 1.29 is 9.47 Å². The third-order valence-electron chi connectivity index (χ3n) is 3.13. The van der Waals surface area contributed by atoms with E-state index in [4.69, 9.17) is 9.47 Å². The summed E-state index contributed by atoms with van der Waals surface area (Å²) < 4.78 is 11.8. The molecule has 0 amide bonds. The summed E-state index contributed by atoms with van der Waals surface area (Å²) in [5.41, 5.74) is 0. The summed E-state index contributed by atoms with van der Waals surface area (Å²) >= 11 is 0. The monoisotopic (exact) mass is 184 g/mol. The van der Waals surface area contributed by atoms with Crippen LogP contribution in [0.3, 0.4) is 0 Å². The van der Waals surface area contributed by atoms with Gasteiger partial charge in [0.15, 0.2) is 5.79 Å². The molecule has 1 spiro atoms. The highest BCUT2D eigenvalue weighted by Crippen LogP contribution is 2.34. The highest BCUT2D eigenvalue weighted by atomic mass is 16.7. The first-order valence-corrected chi connectivity index (χ1v) is 5.69. The van der Waals surface area contributed by atoms with Crippen molar-refractivity contribution in [1.82, 2.24) is 0 Å². The van der Waals surface area contributed by atoms with E-state index in [2.05, 4.69) is 0 Å². The summed E-state index contributed by atoms with van der Waals surface area (Å²) in [5.74, 6) is -0.168. The van der Waals surface area contributed by atoms with Gasteiger partial charge in [0.2, 0.25) is 0 Å². The average Bonchev–Trinajstić information content (AvgIpc) is 2.14. The van der Waals surface area contributed by atoms with E-state index in [1.54, 1.807) is 0 Å². The Labute approximate surface area is 80.6 Å². The quantitative estimate of drug-likeness (QED) is 0.576. The first-order chi connectivity index (χ1) is 6.41. The number of hydrogen-bond donors (Lipinski definition) is 0. The molecular weight excluding hydrogens is 164 g/mol. The Hall–Kier alpha value is -0.0800. The fourth-order valence-corrected chi connectivity index (χ4v) is 2.32. The zero-order valence-electron chi connectivity index (χ0n) is 8.39. The molecule has 1 saturated heterocycles. The van der Waals surface area contributed by atoms with Gasteiger partial charge in [-0.1, -0.05) is 6.42 Å². The molecule has 0 bridgehead atoms. The zero-order valence-corrected chi connectivity index (χ0v) is 8.39. The van der Waals surface area contributed by atoms with E-state index in [-0.39, 0.29) is 5.79 Å². The Morgan fingerprint density at radius 2 is 1.15 bits per heavy atom. The summed E-state index contributed by atoms with van der Waals surface area (Å²) in [5, 5.41) is 0. The topological polar surface area (TPSA) is 18.5 Å². The van der Waals surface area contributed by atoms with Crippen LogP contribution in [-0.2, 0) is 9.47 Å². The molecule has 0 atom stereocenters. The predicted molar refractivity (Wildman–Crippen MR) is 51.6 cm³/mol. The Bertz CT molecular complexity index is 140. The molecule has 76 valence electrons.